The van der Waals surface area contributed by atoms with Gasteiger partial charge in [0.15, 0.2) is 0 Å². The maximum Gasteiger partial charge on any atom is 0.416 e. The lowest BCUT2D eigenvalue weighted by atomic mass is 10.2. The van der Waals surface area contributed by atoms with E-state index in [1.807, 2.05) is 0 Å². The lowest BCUT2D eigenvalue weighted by Crippen LogP contribution is -2.45. The third-order valence-corrected chi connectivity index (χ3v) is 2.46. The molecule has 0 heterocycles. The SMILES string of the molecule is CNC(=O)[C@@H](C)NC(=O)Nc1ccc(C(F)(F)F)cc1. The van der Waals surface area contributed by atoms with Crippen molar-refractivity contribution in [1.82, 2.24) is 10.6 Å². The van der Waals surface area contributed by atoms with Gasteiger partial charge in [-0.05, 0) is 31.2 Å². The minimum absolute atomic E-state index is 0.194. The largest absolute Gasteiger partial charge is 0.416 e. The van der Waals surface area contributed by atoms with Gasteiger partial charge in [-0.15, -0.1) is 0 Å². The molecule has 3 N–H and O–H groups in total. The molecule has 0 aliphatic carbocycles. The standard InChI is InChI=1S/C12H14F3N3O2/c1-7(10(19)16-2)17-11(20)18-9-5-3-8(4-6-9)12(13,14)15/h3-7H,1-2H3,(H,16,19)(H2,17,18,20)/t7-/m1/s1. The van der Waals surface area contributed by atoms with Gasteiger partial charge in [0.05, 0.1) is 5.56 Å². The monoisotopic (exact) mass is 289 g/mol. The van der Waals surface area contributed by atoms with E-state index in [0.717, 1.165) is 24.3 Å². The number of carbonyl (C=O) groups excluding carboxylic acids is 2. The first-order valence-corrected chi connectivity index (χ1v) is 5.70. The van der Waals surface area contributed by atoms with Crippen LogP contribution in [0.2, 0.25) is 0 Å². The maximum atomic E-state index is 12.3. The summed E-state index contributed by atoms with van der Waals surface area (Å²) in [4.78, 5) is 22.7. The highest BCUT2D eigenvalue weighted by Crippen LogP contribution is 2.29. The zero-order valence-corrected chi connectivity index (χ0v) is 10.8. The summed E-state index contributed by atoms with van der Waals surface area (Å²) < 4.78 is 37.0. The molecule has 1 rings (SSSR count). The molecule has 3 amide bonds. The highest BCUT2D eigenvalue weighted by atomic mass is 19.4. The lowest BCUT2D eigenvalue weighted by Gasteiger charge is -2.13. The van der Waals surface area contributed by atoms with Gasteiger partial charge in [-0.3, -0.25) is 4.79 Å². The molecule has 5 nitrogen and oxygen atoms in total. The van der Waals surface area contributed by atoms with Crippen LogP contribution in [-0.2, 0) is 11.0 Å². The summed E-state index contributed by atoms with van der Waals surface area (Å²) in [6, 6.07) is 2.55. The molecular formula is C12H14F3N3O2. The van der Waals surface area contributed by atoms with Crippen LogP contribution in [0.25, 0.3) is 0 Å². The van der Waals surface area contributed by atoms with Gasteiger partial charge in [0.2, 0.25) is 5.91 Å². The number of hydrogen-bond donors (Lipinski definition) is 3. The van der Waals surface area contributed by atoms with E-state index in [9.17, 15) is 22.8 Å². The third-order valence-electron chi connectivity index (χ3n) is 2.46. The number of benzene rings is 1. The second-order valence-corrected chi connectivity index (χ2v) is 4.01. The second kappa shape index (κ2) is 6.27. The number of carbonyl (C=O) groups is 2. The van der Waals surface area contributed by atoms with E-state index in [-0.39, 0.29) is 11.6 Å². The highest BCUT2D eigenvalue weighted by molar-refractivity contribution is 5.93. The molecule has 1 aromatic rings. The van der Waals surface area contributed by atoms with E-state index in [1.165, 1.54) is 14.0 Å². The van der Waals surface area contributed by atoms with Crippen molar-refractivity contribution in [3.8, 4) is 0 Å². The molecule has 0 saturated heterocycles. The van der Waals surface area contributed by atoms with E-state index in [4.69, 9.17) is 0 Å². The highest BCUT2D eigenvalue weighted by Gasteiger charge is 2.30. The van der Waals surface area contributed by atoms with E-state index in [1.54, 1.807) is 0 Å². The molecule has 0 aromatic heterocycles. The number of hydrogen-bond acceptors (Lipinski definition) is 2. The third kappa shape index (κ3) is 4.45. The molecule has 0 spiro atoms. The second-order valence-electron chi connectivity index (χ2n) is 4.01. The molecule has 110 valence electrons. The molecule has 0 bridgehead atoms. The molecule has 1 atom stereocenters. The molecule has 0 saturated carbocycles. The molecular weight excluding hydrogens is 275 g/mol. The van der Waals surface area contributed by atoms with Crippen LogP contribution in [0.5, 0.6) is 0 Å². The van der Waals surface area contributed by atoms with Crippen LogP contribution in [0.15, 0.2) is 24.3 Å². The number of amides is 3. The van der Waals surface area contributed by atoms with Crippen LogP contribution in [0.3, 0.4) is 0 Å². The van der Waals surface area contributed by atoms with Gasteiger partial charge in [-0.1, -0.05) is 0 Å². The van der Waals surface area contributed by atoms with Gasteiger partial charge >= 0.3 is 12.2 Å². The first kappa shape index (κ1) is 15.8. The number of alkyl halides is 3. The Morgan fingerprint density at radius 3 is 2.15 bits per heavy atom. The summed E-state index contributed by atoms with van der Waals surface area (Å²) in [5.41, 5.74) is -0.609. The maximum absolute atomic E-state index is 12.3. The predicted molar refractivity (Wildman–Crippen MR) is 67.1 cm³/mol. The Morgan fingerprint density at radius 1 is 1.15 bits per heavy atom. The topological polar surface area (TPSA) is 70.2 Å². The number of rotatable bonds is 3. The average Bonchev–Trinajstić information content (AvgIpc) is 2.37. The van der Waals surface area contributed by atoms with E-state index in [0.29, 0.717) is 0 Å². The van der Waals surface area contributed by atoms with E-state index in [2.05, 4.69) is 16.0 Å². The number of halogens is 3. The van der Waals surface area contributed by atoms with Crippen molar-refractivity contribution in [3.05, 3.63) is 29.8 Å². The summed E-state index contributed by atoms with van der Waals surface area (Å²) in [6.07, 6.45) is -4.42. The molecule has 0 aliphatic heterocycles. The van der Waals surface area contributed by atoms with Crippen LogP contribution in [0.4, 0.5) is 23.7 Å². The van der Waals surface area contributed by atoms with Crippen molar-refractivity contribution < 1.29 is 22.8 Å². The summed E-state index contributed by atoms with van der Waals surface area (Å²) in [5, 5.41) is 7.02. The Kier molecular flexibility index (Phi) is 4.95. The van der Waals surface area contributed by atoms with Crippen molar-refractivity contribution in [1.29, 1.82) is 0 Å². The van der Waals surface area contributed by atoms with E-state index < -0.39 is 23.8 Å². The Morgan fingerprint density at radius 2 is 1.70 bits per heavy atom. The molecule has 8 heteroatoms. The van der Waals surface area contributed by atoms with Crippen LogP contribution in [-0.4, -0.2) is 25.0 Å². The fourth-order valence-corrected chi connectivity index (χ4v) is 1.39. The Balaban J connectivity index is 2.61. The smallest absolute Gasteiger partial charge is 0.357 e. The number of anilines is 1. The van der Waals surface area contributed by atoms with Crippen molar-refractivity contribution >= 4 is 17.6 Å². The molecule has 0 radical (unpaired) electrons. The zero-order valence-electron chi connectivity index (χ0n) is 10.8. The van der Waals surface area contributed by atoms with Gasteiger partial charge in [-0.25, -0.2) is 4.79 Å². The van der Waals surface area contributed by atoms with Gasteiger partial charge in [0.25, 0.3) is 0 Å². The zero-order chi connectivity index (χ0) is 15.3. The van der Waals surface area contributed by atoms with Crippen molar-refractivity contribution in [2.45, 2.75) is 19.1 Å². The molecule has 0 aliphatic rings. The number of likely N-dealkylation sites (N-methyl/N-ethyl adjacent to an activating group) is 1. The van der Waals surface area contributed by atoms with Gasteiger partial charge < -0.3 is 16.0 Å². The van der Waals surface area contributed by atoms with E-state index >= 15 is 0 Å². The van der Waals surface area contributed by atoms with Gasteiger partial charge in [-0.2, -0.15) is 13.2 Å². The van der Waals surface area contributed by atoms with Crippen molar-refractivity contribution in [2.24, 2.45) is 0 Å². The normalized spacial score (nSPS) is 12.4. The molecule has 1 aromatic carbocycles. The van der Waals surface area contributed by atoms with Crippen LogP contribution in [0, 0.1) is 0 Å². The Bertz CT molecular complexity index is 486. The summed E-state index contributed by atoms with van der Waals surface area (Å²) in [6.45, 7) is 1.48. The van der Waals surface area contributed by atoms with Crippen molar-refractivity contribution in [3.63, 3.8) is 0 Å². The molecule has 0 fully saturated rings. The molecule has 20 heavy (non-hydrogen) atoms. The fraction of sp³-hybridized carbons (Fsp3) is 0.333. The summed E-state index contributed by atoms with van der Waals surface area (Å²) >= 11 is 0. The van der Waals surface area contributed by atoms with Crippen LogP contribution < -0.4 is 16.0 Å². The van der Waals surface area contributed by atoms with Gasteiger partial charge in [0.1, 0.15) is 6.04 Å². The van der Waals surface area contributed by atoms with Crippen molar-refractivity contribution in [2.75, 3.05) is 12.4 Å². The number of urea groups is 1. The van der Waals surface area contributed by atoms with Crippen LogP contribution >= 0.6 is 0 Å². The quantitative estimate of drug-likeness (QED) is 0.796. The number of nitrogens with one attached hydrogen (secondary N) is 3. The summed E-state index contributed by atoms with van der Waals surface area (Å²) in [7, 11) is 1.42. The lowest BCUT2D eigenvalue weighted by molar-refractivity contribution is -0.137. The molecule has 0 unspecified atom stereocenters. The van der Waals surface area contributed by atoms with Crippen LogP contribution in [0.1, 0.15) is 12.5 Å². The summed E-state index contributed by atoms with van der Waals surface area (Å²) in [5.74, 6) is -0.382. The predicted octanol–water partition coefficient (Wildman–Crippen LogP) is 1.96. The Hall–Kier alpha value is -2.25. The Labute approximate surface area is 113 Å². The average molecular weight is 289 g/mol. The minimum atomic E-state index is -4.42. The van der Waals surface area contributed by atoms with Gasteiger partial charge in [0, 0.05) is 12.7 Å². The first-order chi connectivity index (χ1) is 9.24. The minimum Gasteiger partial charge on any atom is -0.357 e. The fourth-order valence-electron chi connectivity index (χ4n) is 1.39. The first-order valence-electron chi connectivity index (χ1n) is 5.70.